The average molecular weight is 474 g/mol. The number of nitrogens with two attached hydrogens (primary N) is 1. The molecule has 10 heteroatoms. The smallest absolute Gasteiger partial charge is 0.328 e. The normalized spacial score (nSPS) is 10.4. The van der Waals surface area contributed by atoms with Crippen LogP contribution in [0.1, 0.15) is 16.8 Å². The lowest BCUT2D eigenvalue weighted by atomic mass is 10.1. The fourth-order valence-electron chi connectivity index (χ4n) is 2.84. The SMILES string of the molecule is Nc1ncccc1-c1cc(Cc2ccc(COc3ccccn3)cc2)no1.O=C(O)C=CC(=O)O. The lowest BCUT2D eigenvalue weighted by molar-refractivity contribution is -0.134. The molecule has 0 saturated heterocycles. The minimum absolute atomic E-state index is 0.428. The lowest BCUT2D eigenvalue weighted by Gasteiger charge is -2.05. The van der Waals surface area contributed by atoms with E-state index in [1.54, 1.807) is 12.4 Å². The van der Waals surface area contributed by atoms with Gasteiger partial charge in [-0.15, -0.1) is 0 Å². The number of rotatable bonds is 8. The zero-order valence-corrected chi connectivity index (χ0v) is 18.4. The highest BCUT2D eigenvalue weighted by atomic mass is 16.5. The van der Waals surface area contributed by atoms with Crippen molar-refractivity contribution in [3.63, 3.8) is 0 Å². The summed E-state index contributed by atoms with van der Waals surface area (Å²) in [6.07, 6.45) is 5.15. The number of carbonyl (C=O) groups is 2. The molecule has 35 heavy (non-hydrogen) atoms. The molecule has 0 fully saturated rings. The molecule has 4 aromatic rings. The molecule has 0 bridgehead atoms. The van der Waals surface area contributed by atoms with Gasteiger partial charge in [-0.2, -0.15) is 0 Å². The number of ether oxygens (including phenoxy) is 1. The summed E-state index contributed by atoms with van der Waals surface area (Å²) in [5.41, 5.74) is 9.69. The maximum atomic E-state index is 9.55. The van der Waals surface area contributed by atoms with Gasteiger partial charge in [0.25, 0.3) is 0 Å². The number of benzene rings is 1. The highest BCUT2D eigenvalue weighted by Gasteiger charge is 2.10. The maximum Gasteiger partial charge on any atom is 0.328 e. The molecule has 0 aliphatic rings. The summed E-state index contributed by atoms with van der Waals surface area (Å²) in [5.74, 6) is -0.848. The quantitative estimate of drug-likeness (QED) is 0.322. The maximum absolute atomic E-state index is 9.55. The molecule has 0 amide bonds. The Morgan fingerprint density at radius 3 is 2.23 bits per heavy atom. The van der Waals surface area contributed by atoms with Gasteiger partial charge >= 0.3 is 11.9 Å². The first-order valence-corrected chi connectivity index (χ1v) is 10.3. The van der Waals surface area contributed by atoms with Crippen molar-refractivity contribution in [3.05, 3.63) is 102 Å². The molecule has 0 aliphatic heterocycles. The fraction of sp³-hybridized carbons (Fsp3) is 0.0800. The molecular formula is C25H22N4O6. The summed E-state index contributed by atoms with van der Waals surface area (Å²) in [6, 6.07) is 19.4. The summed E-state index contributed by atoms with van der Waals surface area (Å²) >= 11 is 0. The number of pyridine rings is 2. The molecule has 4 rings (SSSR count). The number of nitrogens with zero attached hydrogens (tertiary/aromatic N) is 3. The van der Waals surface area contributed by atoms with Gasteiger partial charge in [0.05, 0.1) is 11.3 Å². The fourth-order valence-corrected chi connectivity index (χ4v) is 2.84. The monoisotopic (exact) mass is 474 g/mol. The molecule has 0 spiro atoms. The van der Waals surface area contributed by atoms with Crippen LogP contribution in [0.15, 0.2) is 89.7 Å². The Kier molecular flexibility index (Phi) is 8.66. The first-order chi connectivity index (χ1) is 16.9. The molecule has 4 N–H and O–H groups in total. The van der Waals surface area contributed by atoms with Gasteiger partial charge in [-0.1, -0.05) is 35.5 Å². The predicted octanol–water partition coefficient (Wildman–Crippen LogP) is 3.60. The number of nitrogen functional groups attached to an aromatic ring is 1. The molecule has 0 unspecified atom stereocenters. The predicted molar refractivity (Wildman–Crippen MR) is 126 cm³/mol. The number of carboxylic acid groups (broad SMARTS) is 2. The summed E-state index contributed by atoms with van der Waals surface area (Å²) in [6.45, 7) is 0.478. The van der Waals surface area contributed by atoms with E-state index in [-0.39, 0.29) is 0 Å². The van der Waals surface area contributed by atoms with Crippen molar-refractivity contribution in [1.82, 2.24) is 15.1 Å². The molecule has 0 radical (unpaired) electrons. The minimum atomic E-state index is -1.26. The number of aliphatic carboxylic acids is 2. The van der Waals surface area contributed by atoms with Crippen molar-refractivity contribution in [2.45, 2.75) is 13.0 Å². The van der Waals surface area contributed by atoms with Crippen LogP contribution in [0.4, 0.5) is 5.82 Å². The van der Waals surface area contributed by atoms with Crippen molar-refractivity contribution < 1.29 is 29.1 Å². The Balaban J connectivity index is 0.000000371. The van der Waals surface area contributed by atoms with E-state index < -0.39 is 11.9 Å². The Morgan fingerprint density at radius 1 is 0.914 bits per heavy atom. The molecular weight excluding hydrogens is 452 g/mol. The van der Waals surface area contributed by atoms with Crippen LogP contribution in [0.5, 0.6) is 5.88 Å². The van der Waals surface area contributed by atoms with Gasteiger partial charge in [-0.25, -0.2) is 19.6 Å². The first kappa shape index (κ1) is 24.6. The van der Waals surface area contributed by atoms with Crippen LogP contribution < -0.4 is 10.5 Å². The van der Waals surface area contributed by atoms with Gasteiger partial charge in [-0.3, -0.25) is 0 Å². The molecule has 178 valence electrons. The molecule has 0 saturated carbocycles. The van der Waals surface area contributed by atoms with E-state index in [0.29, 0.717) is 42.6 Å². The molecule has 3 aromatic heterocycles. The van der Waals surface area contributed by atoms with E-state index in [1.165, 1.54) is 0 Å². The standard InChI is InChI=1S/C21H18N4O2.C4H4O4/c22-21-18(4-3-11-24-21)19-13-17(25-27-19)12-15-6-8-16(9-7-15)14-26-20-5-1-2-10-23-20;5-3(6)1-2-4(7)8/h1-11,13H,12,14H2,(H2,22,24);1-2H,(H,5,6)(H,7,8). The summed E-state index contributed by atoms with van der Waals surface area (Å²) in [7, 11) is 0. The van der Waals surface area contributed by atoms with Crippen LogP contribution >= 0.6 is 0 Å². The van der Waals surface area contributed by atoms with Gasteiger partial charge < -0.3 is 25.2 Å². The number of aromatic nitrogens is 3. The van der Waals surface area contributed by atoms with Gasteiger partial charge in [-0.05, 0) is 29.3 Å². The van der Waals surface area contributed by atoms with Gasteiger partial charge in [0.15, 0.2) is 5.76 Å². The van der Waals surface area contributed by atoms with E-state index in [4.69, 9.17) is 25.2 Å². The average Bonchev–Trinajstić information content (AvgIpc) is 3.32. The van der Waals surface area contributed by atoms with Crippen LogP contribution in [0.2, 0.25) is 0 Å². The molecule has 0 aliphatic carbocycles. The van der Waals surface area contributed by atoms with Crippen molar-refractivity contribution in [1.29, 1.82) is 0 Å². The van der Waals surface area contributed by atoms with Crippen molar-refractivity contribution in [2.24, 2.45) is 0 Å². The largest absolute Gasteiger partial charge is 0.478 e. The lowest BCUT2D eigenvalue weighted by Crippen LogP contribution is -1.97. The highest BCUT2D eigenvalue weighted by molar-refractivity contribution is 5.89. The van der Waals surface area contributed by atoms with Crippen LogP contribution in [0, 0.1) is 0 Å². The van der Waals surface area contributed by atoms with Crippen molar-refractivity contribution >= 4 is 17.8 Å². The second-order valence-electron chi connectivity index (χ2n) is 7.08. The number of carboxylic acids is 2. The van der Waals surface area contributed by atoms with E-state index >= 15 is 0 Å². The number of hydrogen-bond acceptors (Lipinski definition) is 8. The van der Waals surface area contributed by atoms with E-state index in [2.05, 4.69) is 27.3 Å². The Labute approximate surface area is 200 Å². The van der Waals surface area contributed by atoms with Crippen LogP contribution in [0.25, 0.3) is 11.3 Å². The molecule has 10 nitrogen and oxygen atoms in total. The number of hydrogen-bond donors (Lipinski definition) is 3. The number of anilines is 1. The first-order valence-electron chi connectivity index (χ1n) is 10.3. The molecule has 0 atom stereocenters. The second-order valence-corrected chi connectivity index (χ2v) is 7.08. The topological polar surface area (TPSA) is 162 Å². The highest BCUT2D eigenvalue weighted by Crippen LogP contribution is 2.25. The zero-order valence-electron chi connectivity index (χ0n) is 18.4. The van der Waals surface area contributed by atoms with Crippen LogP contribution in [-0.2, 0) is 22.6 Å². The third-order valence-corrected chi connectivity index (χ3v) is 4.46. The summed E-state index contributed by atoms with van der Waals surface area (Å²) < 4.78 is 11.1. The Bertz CT molecular complexity index is 1270. The van der Waals surface area contributed by atoms with Crippen molar-refractivity contribution in [3.8, 4) is 17.2 Å². The third kappa shape index (κ3) is 8.13. The summed E-state index contributed by atoms with van der Waals surface area (Å²) in [5, 5.41) is 19.8. The molecule has 1 aromatic carbocycles. The Morgan fingerprint density at radius 2 is 1.60 bits per heavy atom. The van der Waals surface area contributed by atoms with Gasteiger partial charge in [0.2, 0.25) is 5.88 Å². The Hall–Kier alpha value is -4.99. The van der Waals surface area contributed by atoms with Gasteiger partial charge in [0, 0.05) is 43.1 Å². The van der Waals surface area contributed by atoms with Gasteiger partial charge in [0.1, 0.15) is 12.4 Å². The summed E-state index contributed by atoms with van der Waals surface area (Å²) in [4.78, 5) is 27.3. The van der Waals surface area contributed by atoms with E-state index in [1.807, 2.05) is 48.5 Å². The molecule has 3 heterocycles. The van der Waals surface area contributed by atoms with Crippen LogP contribution in [-0.4, -0.2) is 37.3 Å². The van der Waals surface area contributed by atoms with E-state index in [9.17, 15) is 9.59 Å². The zero-order chi connectivity index (χ0) is 25.0. The third-order valence-electron chi connectivity index (χ3n) is 4.46. The van der Waals surface area contributed by atoms with E-state index in [0.717, 1.165) is 22.4 Å². The second kappa shape index (κ2) is 12.3. The van der Waals surface area contributed by atoms with Crippen LogP contribution in [0.3, 0.4) is 0 Å². The minimum Gasteiger partial charge on any atom is -0.478 e. The van der Waals surface area contributed by atoms with Crippen molar-refractivity contribution in [2.75, 3.05) is 5.73 Å².